The fraction of sp³-hybridized carbons (Fsp3) is 0.409. The molecule has 1 atom stereocenters. The number of anilines is 2. The Morgan fingerprint density at radius 1 is 1.04 bits per heavy atom. The number of carbonyl (C=O) groups excluding carboxylic acids is 1. The summed E-state index contributed by atoms with van der Waals surface area (Å²) in [6, 6.07) is 18.0. The van der Waals surface area contributed by atoms with E-state index < -0.39 is 0 Å². The molecule has 1 aliphatic heterocycles. The molecule has 1 saturated heterocycles. The Bertz CT molecular complexity index is 697. The lowest BCUT2D eigenvalue weighted by Crippen LogP contribution is -3.10. The molecule has 0 spiro atoms. The number of likely N-dealkylation sites (N-methyl/N-ethyl adjacent to an activating group) is 1. The number of rotatable bonds is 8. The first-order valence-electron chi connectivity index (χ1n) is 9.85. The molecule has 0 bridgehead atoms. The predicted octanol–water partition coefficient (Wildman–Crippen LogP) is 2.21. The van der Waals surface area contributed by atoms with Crippen molar-refractivity contribution in [2.45, 2.75) is 19.3 Å². The fourth-order valence-corrected chi connectivity index (χ4v) is 3.34. The van der Waals surface area contributed by atoms with Crippen LogP contribution in [-0.2, 0) is 4.79 Å². The molecule has 3 rings (SSSR count). The van der Waals surface area contributed by atoms with Crippen LogP contribution in [0.3, 0.4) is 0 Å². The van der Waals surface area contributed by atoms with Gasteiger partial charge in [-0.3, -0.25) is 4.79 Å². The van der Waals surface area contributed by atoms with E-state index in [0.717, 1.165) is 36.0 Å². The second-order valence-electron chi connectivity index (χ2n) is 7.19. The van der Waals surface area contributed by atoms with Crippen LogP contribution in [0.25, 0.3) is 0 Å². The highest BCUT2D eigenvalue weighted by atomic mass is 16.5. The van der Waals surface area contributed by atoms with Crippen molar-refractivity contribution in [3.05, 3.63) is 54.6 Å². The van der Waals surface area contributed by atoms with Gasteiger partial charge in [-0.25, -0.2) is 0 Å². The van der Waals surface area contributed by atoms with Crippen LogP contribution in [0.2, 0.25) is 0 Å². The SMILES string of the molecule is C[NH+](CCOc1ccccc1)CC(=O)Nc1ccc(N2CCCCC2)cc1. The van der Waals surface area contributed by atoms with Gasteiger partial charge in [0.2, 0.25) is 0 Å². The van der Waals surface area contributed by atoms with E-state index in [0.29, 0.717) is 13.2 Å². The molecular formula is C22H30N3O2+. The van der Waals surface area contributed by atoms with Crippen molar-refractivity contribution in [1.82, 2.24) is 0 Å². The highest BCUT2D eigenvalue weighted by Gasteiger charge is 2.12. The molecule has 144 valence electrons. The molecule has 0 saturated carbocycles. The van der Waals surface area contributed by atoms with Gasteiger partial charge in [0, 0.05) is 24.5 Å². The highest BCUT2D eigenvalue weighted by Crippen LogP contribution is 2.21. The summed E-state index contributed by atoms with van der Waals surface area (Å²) in [5.41, 5.74) is 2.10. The van der Waals surface area contributed by atoms with E-state index in [1.54, 1.807) is 0 Å². The van der Waals surface area contributed by atoms with Crippen LogP contribution in [0, 0.1) is 0 Å². The first-order valence-corrected chi connectivity index (χ1v) is 9.85. The summed E-state index contributed by atoms with van der Waals surface area (Å²) >= 11 is 0. The molecule has 0 aliphatic carbocycles. The minimum Gasteiger partial charge on any atom is -0.488 e. The normalized spacial score (nSPS) is 15.2. The van der Waals surface area contributed by atoms with Gasteiger partial charge in [-0.15, -0.1) is 0 Å². The third-order valence-electron chi connectivity index (χ3n) is 4.88. The Balaban J connectivity index is 1.39. The molecule has 2 aromatic carbocycles. The average Bonchev–Trinajstić information content (AvgIpc) is 2.70. The predicted molar refractivity (Wildman–Crippen MR) is 110 cm³/mol. The second-order valence-corrected chi connectivity index (χ2v) is 7.19. The van der Waals surface area contributed by atoms with Crippen LogP contribution in [0.15, 0.2) is 54.6 Å². The molecule has 1 unspecified atom stereocenters. The van der Waals surface area contributed by atoms with Crippen molar-refractivity contribution < 1.29 is 14.4 Å². The quantitative estimate of drug-likeness (QED) is 0.751. The summed E-state index contributed by atoms with van der Waals surface area (Å²) in [7, 11) is 2.01. The second kappa shape index (κ2) is 9.97. The van der Waals surface area contributed by atoms with E-state index in [1.165, 1.54) is 24.9 Å². The van der Waals surface area contributed by atoms with Crippen molar-refractivity contribution in [3.63, 3.8) is 0 Å². The van der Waals surface area contributed by atoms with Crippen molar-refractivity contribution in [2.75, 3.05) is 50.1 Å². The van der Waals surface area contributed by atoms with Gasteiger partial charge in [-0.2, -0.15) is 0 Å². The number of nitrogens with one attached hydrogen (secondary N) is 2. The van der Waals surface area contributed by atoms with E-state index in [4.69, 9.17) is 4.74 Å². The maximum Gasteiger partial charge on any atom is 0.279 e. The van der Waals surface area contributed by atoms with Crippen LogP contribution in [0.5, 0.6) is 5.75 Å². The monoisotopic (exact) mass is 368 g/mol. The molecule has 2 N–H and O–H groups in total. The van der Waals surface area contributed by atoms with E-state index >= 15 is 0 Å². The number of nitrogens with zero attached hydrogens (tertiary/aromatic N) is 1. The summed E-state index contributed by atoms with van der Waals surface area (Å²) in [5.74, 6) is 0.890. The van der Waals surface area contributed by atoms with Gasteiger partial charge in [0.1, 0.15) is 18.9 Å². The van der Waals surface area contributed by atoms with Gasteiger partial charge in [-0.05, 0) is 55.7 Å². The van der Waals surface area contributed by atoms with E-state index in [2.05, 4.69) is 22.3 Å². The van der Waals surface area contributed by atoms with Crippen LogP contribution in [0.4, 0.5) is 11.4 Å². The van der Waals surface area contributed by atoms with Gasteiger partial charge >= 0.3 is 0 Å². The van der Waals surface area contributed by atoms with Gasteiger partial charge in [0.05, 0.1) is 7.05 Å². The molecule has 5 nitrogen and oxygen atoms in total. The third kappa shape index (κ3) is 6.29. The lowest BCUT2D eigenvalue weighted by molar-refractivity contribution is -0.871. The van der Waals surface area contributed by atoms with Crippen molar-refractivity contribution in [2.24, 2.45) is 0 Å². The Morgan fingerprint density at radius 2 is 1.74 bits per heavy atom. The Hall–Kier alpha value is -2.53. The van der Waals surface area contributed by atoms with Crippen LogP contribution < -0.4 is 19.9 Å². The van der Waals surface area contributed by atoms with E-state index in [1.807, 2.05) is 49.5 Å². The lowest BCUT2D eigenvalue weighted by Gasteiger charge is -2.28. The number of benzene rings is 2. The van der Waals surface area contributed by atoms with Crippen molar-refractivity contribution in [1.29, 1.82) is 0 Å². The van der Waals surface area contributed by atoms with Crippen LogP contribution in [-0.4, -0.2) is 45.7 Å². The van der Waals surface area contributed by atoms with Gasteiger partial charge in [0.15, 0.2) is 6.54 Å². The topological polar surface area (TPSA) is 46.0 Å². The van der Waals surface area contributed by atoms with Crippen LogP contribution >= 0.6 is 0 Å². The summed E-state index contributed by atoms with van der Waals surface area (Å²) < 4.78 is 5.69. The number of hydrogen-bond acceptors (Lipinski definition) is 3. The number of hydrogen-bond donors (Lipinski definition) is 2. The zero-order chi connectivity index (χ0) is 18.9. The maximum absolute atomic E-state index is 12.3. The first kappa shape index (κ1) is 19.2. The number of piperidine rings is 1. The van der Waals surface area contributed by atoms with Gasteiger partial charge in [-0.1, -0.05) is 18.2 Å². The van der Waals surface area contributed by atoms with Gasteiger partial charge < -0.3 is 19.9 Å². The number of amides is 1. The van der Waals surface area contributed by atoms with Crippen LogP contribution in [0.1, 0.15) is 19.3 Å². The largest absolute Gasteiger partial charge is 0.488 e. The summed E-state index contributed by atoms with van der Waals surface area (Å²) in [6.07, 6.45) is 3.86. The van der Waals surface area contributed by atoms with E-state index in [-0.39, 0.29) is 5.91 Å². The lowest BCUT2D eigenvalue weighted by atomic mass is 10.1. The fourth-order valence-electron chi connectivity index (χ4n) is 3.34. The maximum atomic E-state index is 12.3. The molecule has 5 heteroatoms. The minimum atomic E-state index is 0.0259. The number of para-hydroxylation sites is 1. The first-order chi connectivity index (χ1) is 13.2. The molecule has 0 aromatic heterocycles. The van der Waals surface area contributed by atoms with E-state index in [9.17, 15) is 4.79 Å². The minimum absolute atomic E-state index is 0.0259. The zero-order valence-corrected chi connectivity index (χ0v) is 16.1. The molecule has 1 fully saturated rings. The van der Waals surface area contributed by atoms with Crippen molar-refractivity contribution in [3.8, 4) is 5.75 Å². The molecule has 2 aromatic rings. The average molecular weight is 369 g/mol. The molecule has 1 heterocycles. The number of carbonyl (C=O) groups is 1. The molecule has 1 amide bonds. The molecule has 27 heavy (non-hydrogen) atoms. The van der Waals surface area contributed by atoms with Crippen molar-refractivity contribution >= 4 is 17.3 Å². The summed E-state index contributed by atoms with van der Waals surface area (Å²) in [5, 5.41) is 2.99. The third-order valence-corrected chi connectivity index (χ3v) is 4.88. The van der Waals surface area contributed by atoms with Gasteiger partial charge in [0.25, 0.3) is 5.91 Å². The Kier molecular flexibility index (Phi) is 7.11. The highest BCUT2D eigenvalue weighted by molar-refractivity contribution is 5.91. The number of ether oxygens (including phenoxy) is 1. The molecule has 0 radical (unpaired) electrons. The molecular weight excluding hydrogens is 338 g/mol. The smallest absolute Gasteiger partial charge is 0.279 e. The Morgan fingerprint density at radius 3 is 2.44 bits per heavy atom. The standard InChI is InChI=1S/C22H29N3O2/c1-24(16-17-27-21-8-4-2-5-9-21)18-22(26)23-19-10-12-20(13-11-19)25-14-6-3-7-15-25/h2,4-5,8-13H,3,6-7,14-18H2,1H3,(H,23,26)/p+1. The summed E-state index contributed by atoms with van der Waals surface area (Å²) in [6.45, 7) is 4.05. The summed E-state index contributed by atoms with van der Waals surface area (Å²) in [4.78, 5) is 15.8. The molecule has 1 aliphatic rings. The number of quaternary nitrogens is 1. The zero-order valence-electron chi connectivity index (χ0n) is 16.1. The Labute approximate surface area is 161 Å².